The van der Waals surface area contributed by atoms with Gasteiger partial charge in [0, 0.05) is 10.0 Å². The van der Waals surface area contributed by atoms with E-state index in [1.165, 1.54) is 0 Å². The van der Waals surface area contributed by atoms with Crippen LogP contribution >= 0.6 is 15.9 Å². The molecule has 0 aliphatic carbocycles. The first kappa shape index (κ1) is 15.2. The van der Waals surface area contributed by atoms with Gasteiger partial charge >= 0.3 is 5.97 Å². The molecule has 0 bridgehead atoms. The van der Waals surface area contributed by atoms with Crippen LogP contribution in [-0.4, -0.2) is 42.4 Å². The number of likely N-dealkylation sites (N-methyl/N-ethyl adjacent to an activating group) is 1. The summed E-state index contributed by atoms with van der Waals surface area (Å²) in [4.78, 5) is 26.2. The smallest absolute Gasteiger partial charge is 0.324 e. The number of hydrogen-bond donors (Lipinski definition) is 0. The van der Waals surface area contributed by atoms with E-state index < -0.39 is 6.10 Å². The third-order valence-corrected chi connectivity index (χ3v) is 4.11. The van der Waals surface area contributed by atoms with Crippen molar-refractivity contribution in [1.82, 2.24) is 4.90 Å². The van der Waals surface area contributed by atoms with Crippen molar-refractivity contribution in [2.24, 2.45) is 0 Å². The molecule has 1 heterocycles. The molecular formula is C15H18BrNO3. The highest BCUT2D eigenvalue weighted by molar-refractivity contribution is 9.10. The molecule has 2 unspecified atom stereocenters. The number of carbonyl (C=O) groups is 2. The van der Waals surface area contributed by atoms with Gasteiger partial charge in [-0.05, 0) is 45.5 Å². The molecule has 2 rings (SSSR count). The number of halogens is 1. The maximum atomic E-state index is 12.2. The molecule has 0 N–H and O–H groups in total. The van der Waals surface area contributed by atoms with Crippen LogP contribution in [0.25, 0.3) is 0 Å². The van der Waals surface area contributed by atoms with Crippen LogP contribution in [0.3, 0.4) is 0 Å². The fraction of sp³-hybridized carbons (Fsp3) is 0.467. The standard InChI is InChI=1S/C15H18BrNO3/c1-10(14(18)11-5-7-12(16)8-6-11)20-15(19)13-4-3-9-17(13)2/h5-8,10,13H,3-4,9H2,1-2H3. The summed E-state index contributed by atoms with van der Waals surface area (Å²) < 4.78 is 6.22. The average molecular weight is 340 g/mol. The molecule has 108 valence electrons. The molecule has 0 amide bonds. The molecule has 0 radical (unpaired) electrons. The molecule has 0 saturated carbocycles. The summed E-state index contributed by atoms with van der Waals surface area (Å²) in [5, 5.41) is 0. The molecule has 1 aromatic carbocycles. The van der Waals surface area contributed by atoms with E-state index in [4.69, 9.17) is 4.74 Å². The largest absolute Gasteiger partial charge is 0.453 e. The molecule has 2 atom stereocenters. The number of benzene rings is 1. The van der Waals surface area contributed by atoms with Gasteiger partial charge in [0.1, 0.15) is 6.04 Å². The molecule has 1 aromatic rings. The summed E-state index contributed by atoms with van der Waals surface area (Å²) in [6.07, 6.45) is 1.04. The van der Waals surface area contributed by atoms with Crippen molar-refractivity contribution < 1.29 is 14.3 Å². The van der Waals surface area contributed by atoms with E-state index in [1.54, 1.807) is 31.2 Å². The average Bonchev–Trinajstić information content (AvgIpc) is 2.85. The number of ketones is 1. The van der Waals surface area contributed by atoms with Gasteiger partial charge in [0.05, 0.1) is 0 Å². The molecule has 20 heavy (non-hydrogen) atoms. The predicted molar refractivity (Wildman–Crippen MR) is 79.7 cm³/mol. The summed E-state index contributed by atoms with van der Waals surface area (Å²) in [7, 11) is 1.90. The van der Waals surface area contributed by atoms with Gasteiger partial charge in [-0.25, -0.2) is 0 Å². The molecule has 1 aliphatic rings. The van der Waals surface area contributed by atoms with Gasteiger partial charge in [0.2, 0.25) is 5.78 Å². The highest BCUT2D eigenvalue weighted by Crippen LogP contribution is 2.18. The van der Waals surface area contributed by atoms with Crippen LogP contribution < -0.4 is 0 Å². The molecule has 1 aliphatic heterocycles. The lowest BCUT2D eigenvalue weighted by molar-refractivity contribution is -0.151. The third kappa shape index (κ3) is 3.46. The van der Waals surface area contributed by atoms with Gasteiger partial charge in [-0.3, -0.25) is 14.5 Å². The lowest BCUT2D eigenvalue weighted by Crippen LogP contribution is -2.37. The van der Waals surface area contributed by atoms with E-state index in [9.17, 15) is 9.59 Å². The zero-order chi connectivity index (χ0) is 14.7. The molecule has 1 saturated heterocycles. The zero-order valence-corrected chi connectivity index (χ0v) is 13.2. The van der Waals surface area contributed by atoms with Crippen LogP contribution in [0.5, 0.6) is 0 Å². The normalized spacial score (nSPS) is 20.6. The second-order valence-corrected chi connectivity index (χ2v) is 6.00. The van der Waals surface area contributed by atoms with E-state index in [-0.39, 0.29) is 17.8 Å². The molecule has 5 heteroatoms. The minimum atomic E-state index is -0.752. The number of hydrogen-bond acceptors (Lipinski definition) is 4. The number of carbonyl (C=O) groups excluding carboxylic acids is 2. The van der Waals surface area contributed by atoms with Gasteiger partial charge < -0.3 is 4.74 Å². The zero-order valence-electron chi connectivity index (χ0n) is 11.6. The van der Waals surface area contributed by atoms with E-state index in [1.807, 2.05) is 11.9 Å². The first-order valence-corrected chi connectivity index (χ1v) is 7.49. The summed E-state index contributed by atoms with van der Waals surface area (Å²) >= 11 is 3.32. The molecule has 0 aromatic heterocycles. The van der Waals surface area contributed by atoms with Crippen LogP contribution in [0.15, 0.2) is 28.7 Å². The van der Waals surface area contributed by atoms with Crippen molar-refractivity contribution >= 4 is 27.7 Å². The molecular weight excluding hydrogens is 322 g/mol. The number of rotatable bonds is 4. The first-order chi connectivity index (χ1) is 9.49. The highest BCUT2D eigenvalue weighted by atomic mass is 79.9. The van der Waals surface area contributed by atoms with Crippen molar-refractivity contribution in [2.45, 2.75) is 31.9 Å². The fourth-order valence-electron chi connectivity index (χ4n) is 2.36. The van der Waals surface area contributed by atoms with Crippen LogP contribution in [-0.2, 0) is 9.53 Å². The summed E-state index contributed by atoms with van der Waals surface area (Å²) in [6.45, 7) is 2.52. The number of Topliss-reactive ketones (excluding diaryl/α,β-unsaturated/α-hetero) is 1. The van der Waals surface area contributed by atoms with Gasteiger partial charge in [-0.15, -0.1) is 0 Å². The SMILES string of the molecule is CC(OC(=O)C1CCCN1C)C(=O)c1ccc(Br)cc1. The van der Waals surface area contributed by atoms with Crippen molar-refractivity contribution in [2.75, 3.05) is 13.6 Å². The summed E-state index contributed by atoms with van der Waals surface area (Å²) in [5.74, 6) is -0.477. The van der Waals surface area contributed by atoms with Crippen LogP contribution in [0.2, 0.25) is 0 Å². The van der Waals surface area contributed by atoms with E-state index in [2.05, 4.69) is 15.9 Å². The predicted octanol–water partition coefficient (Wildman–Crippen LogP) is 2.66. The molecule has 0 spiro atoms. The third-order valence-electron chi connectivity index (χ3n) is 3.58. The first-order valence-electron chi connectivity index (χ1n) is 6.69. The van der Waals surface area contributed by atoms with E-state index >= 15 is 0 Å². The van der Waals surface area contributed by atoms with Crippen molar-refractivity contribution in [3.8, 4) is 0 Å². The topological polar surface area (TPSA) is 46.6 Å². The highest BCUT2D eigenvalue weighted by Gasteiger charge is 2.31. The number of likely N-dealkylation sites (tertiary alicyclic amines) is 1. The lowest BCUT2D eigenvalue weighted by atomic mass is 10.1. The molecule has 1 fully saturated rings. The van der Waals surface area contributed by atoms with Crippen LogP contribution in [0.1, 0.15) is 30.1 Å². The summed E-state index contributed by atoms with van der Waals surface area (Å²) in [5.41, 5.74) is 0.549. The van der Waals surface area contributed by atoms with Crippen molar-refractivity contribution in [3.05, 3.63) is 34.3 Å². The Morgan fingerprint density at radius 3 is 2.55 bits per heavy atom. The maximum Gasteiger partial charge on any atom is 0.324 e. The Kier molecular flexibility index (Phi) is 4.94. The van der Waals surface area contributed by atoms with Crippen molar-refractivity contribution in [3.63, 3.8) is 0 Å². The Morgan fingerprint density at radius 1 is 1.35 bits per heavy atom. The lowest BCUT2D eigenvalue weighted by Gasteiger charge is -2.20. The molecule has 4 nitrogen and oxygen atoms in total. The second kappa shape index (κ2) is 6.50. The van der Waals surface area contributed by atoms with Gasteiger partial charge in [-0.2, -0.15) is 0 Å². The summed E-state index contributed by atoms with van der Waals surface area (Å²) in [6, 6.07) is 6.82. The Labute approximate surface area is 127 Å². The van der Waals surface area contributed by atoms with E-state index in [0.717, 1.165) is 23.9 Å². The van der Waals surface area contributed by atoms with Gasteiger partial charge in [0.15, 0.2) is 6.10 Å². The Hall–Kier alpha value is -1.20. The van der Waals surface area contributed by atoms with Crippen LogP contribution in [0.4, 0.5) is 0 Å². The maximum absolute atomic E-state index is 12.2. The minimum Gasteiger partial charge on any atom is -0.453 e. The Balaban J connectivity index is 1.97. The number of ether oxygens (including phenoxy) is 1. The number of nitrogens with zero attached hydrogens (tertiary/aromatic N) is 1. The van der Waals surface area contributed by atoms with Crippen molar-refractivity contribution in [1.29, 1.82) is 0 Å². The Bertz CT molecular complexity index is 500. The monoisotopic (exact) mass is 339 g/mol. The number of esters is 1. The quantitative estimate of drug-likeness (QED) is 0.625. The Morgan fingerprint density at radius 2 is 2.00 bits per heavy atom. The fourth-order valence-corrected chi connectivity index (χ4v) is 2.63. The van der Waals surface area contributed by atoms with Gasteiger partial charge in [0.25, 0.3) is 0 Å². The van der Waals surface area contributed by atoms with Crippen LogP contribution in [0, 0.1) is 0 Å². The van der Waals surface area contributed by atoms with Gasteiger partial charge in [-0.1, -0.05) is 28.1 Å². The minimum absolute atomic E-state index is 0.175. The second-order valence-electron chi connectivity index (χ2n) is 5.09. The van der Waals surface area contributed by atoms with E-state index in [0.29, 0.717) is 5.56 Å².